The summed E-state index contributed by atoms with van der Waals surface area (Å²) in [6.45, 7) is 2.18. The molecule has 0 unspecified atom stereocenters. The Morgan fingerprint density at radius 2 is 2.36 bits per heavy atom. The van der Waals surface area contributed by atoms with Crippen LogP contribution in [-0.4, -0.2) is 0 Å². The van der Waals surface area contributed by atoms with E-state index in [1.165, 1.54) is 12.8 Å². The van der Waals surface area contributed by atoms with Crippen LogP contribution in [0.25, 0.3) is 0 Å². The van der Waals surface area contributed by atoms with Crippen LogP contribution in [0.15, 0.2) is 22.8 Å². The van der Waals surface area contributed by atoms with Crippen molar-refractivity contribution < 1.29 is 4.42 Å². The minimum absolute atomic E-state index is 0.272. The van der Waals surface area contributed by atoms with Gasteiger partial charge >= 0.3 is 0 Å². The van der Waals surface area contributed by atoms with Crippen molar-refractivity contribution in [3.63, 3.8) is 0 Å². The third-order valence-electron chi connectivity index (χ3n) is 2.01. The summed E-state index contributed by atoms with van der Waals surface area (Å²) in [4.78, 5) is 0. The first-order chi connectivity index (χ1) is 6.84. The molecule has 0 spiro atoms. The molecule has 0 aliphatic rings. The Morgan fingerprint density at radius 3 is 3.00 bits per heavy atom. The summed E-state index contributed by atoms with van der Waals surface area (Å²) in [5, 5.41) is 0. The molecule has 0 aliphatic heterocycles. The molecule has 1 rings (SSSR count). The molecule has 1 heterocycles. The molecule has 76 valence electrons. The fourth-order valence-corrected chi connectivity index (χ4v) is 1.18. The molecule has 1 aromatic rings. The molecule has 0 saturated carbocycles. The molecule has 0 aliphatic carbocycles. The van der Waals surface area contributed by atoms with Gasteiger partial charge in [-0.1, -0.05) is 25.7 Å². The Morgan fingerprint density at radius 1 is 1.50 bits per heavy atom. The second-order valence-electron chi connectivity index (χ2n) is 3.27. The largest absolute Gasteiger partial charge is 0.467 e. The zero-order chi connectivity index (χ0) is 10.2. The second kappa shape index (κ2) is 6.28. The lowest BCUT2D eigenvalue weighted by Gasteiger charge is -1.97. The standard InChI is InChI=1S/C12H17NO/c1-2-3-4-5-6-8-11(13)12-9-7-10-14-12/h7,9-11H,2-5,13H2,1H3/t11-/m0/s1. The van der Waals surface area contributed by atoms with Crippen LogP contribution in [0.1, 0.15) is 44.4 Å². The molecule has 2 heteroatoms. The normalized spacial score (nSPS) is 11.9. The molecular weight excluding hydrogens is 174 g/mol. The van der Waals surface area contributed by atoms with E-state index < -0.39 is 0 Å². The molecule has 2 N–H and O–H groups in total. The van der Waals surface area contributed by atoms with E-state index in [1.807, 2.05) is 12.1 Å². The van der Waals surface area contributed by atoms with Gasteiger partial charge in [0.2, 0.25) is 0 Å². The Hall–Kier alpha value is -1.20. The van der Waals surface area contributed by atoms with Crippen LogP contribution in [0.2, 0.25) is 0 Å². The summed E-state index contributed by atoms with van der Waals surface area (Å²) in [5.74, 6) is 6.79. The molecule has 0 saturated heterocycles. The topological polar surface area (TPSA) is 39.2 Å². The summed E-state index contributed by atoms with van der Waals surface area (Å²) in [7, 11) is 0. The van der Waals surface area contributed by atoms with E-state index in [9.17, 15) is 0 Å². The lowest BCUT2D eigenvalue weighted by Crippen LogP contribution is -2.05. The molecule has 2 nitrogen and oxygen atoms in total. The van der Waals surface area contributed by atoms with E-state index in [0.29, 0.717) is 0 Å². The summed E-state index contributed by atoms with van der Waals surface area (Å²) in [6.07, 6.45) is 6.18. The number of hydrogen-bond donors (Lipinski definition) is 1. The molecule has 14 heavy (non-hydrogen) atoms. The monoisotopic (exact) mass is 191 g/mol. The highest BCUT2D eigenvalue weighted by atomic mass is 16.3. The van der Waals surface area contributed by atoms with Gasteiger partial charge in [-0.05, 0) is 18.6 Å². The fourth-order valence-electron chi connectivity index (χ4n) is 1.18. The SMILES string of the molecule is CCCCCC#C[C@H](N)c1ccco1. The highest BCUT2D eigenvalue weighted by Gasteiger charge is 2.02. The van der Waals surface area contributed by atoms with Gasteiger partial charge in [-0.2, -0.15) is 0 Å². The van der Waals surface area contributed by atoms with Crippen molar-refractivity contribution >= 4 is 0 Å². The van der Waals surface area contributed by atoms with Gasteiger partial charge in [-0.25, -0.2) is 0 Å². The molecular formula is C12H17NO. The summed E-state index contributed by atoms with van der Waals surface area (Å²) in [5.41, 5.74) is 5.79. The molecule has 0 fully saturated rings. The first kappa shape index (κ1) is 10.9. The molecule has 0 radical (unpaired) electrons. The molecule has 1 atom stereocenters. The van der Waals surface area contributed by atoms with Crippen molar-refractivity contribution in [3.8, 4) is 11.8 Å². The van der Waals surface area contributed by atoms with Crippen molar-refractivity contribution in [1.82, 2.24) is 0 Å². The Kier molecular flexibility index (Phi) is 4.88. The van der Waals surface area contributed by atoms with Crippen LogP contribution >= 0.6 is 0 Å². The lowest BCUT2D eigenvalue weighted by molar-refractivity contribution is 0.498. The van der Waals surface area contributed by atoms with Crippen LogP contribution < -0.4 is 5.73 Å². The van der Waals surface area contributed by atoms with E-state index in [0.717, 1.165) is 18.6 Å². The number of furan rings is 1. The maximum atomic E-state index is 5.79. The van der Waals surface area contributed by atoms with Crippen molar-refractivity contribution in [2.24, 2.45) is 5.73 Å². The second-order valence-corrected chi connectivity index (χ2v) is 3.27. The lowest BCUT2D eigenvalue weighted by atomic mass is 10.2. The summed E-state index contributed by atoms with van der Waals surface area (Å²) in [6, 6.07) is 3.41. The number of rotatable bonds is 4. The average Bonchev–Trinajstić information content (AvgIpc) is 2.70. The zero-order valence-corrected chi connectivity index (χ0v) is 8.62. The van der Waals surface area contributed by atoms with Crippen LogP contribution in [0, 0.1) is 11.8 Å². The van der Waals surface area contributed by atoms with Crippen molar-refractivity contribution in [2.75, 3.05) is 0 Å². The van der Waals surface area contributed by atoms with Gasteiger partial charge in [0.1, 0.15) is 11.8 Å². The highest BCUT2D eigenvalue weighted by molar-refractivity contribution is 5.17. The van der Waals surface area contributed by atoms with Gasteiger partial charge in [-0.15, -0.1) is 5.92 Å². The van der Waals surface area contributed by atoms with Gasteiger partial charge in [-0.3, -0.25) is 0 Å². The minimum atomic E-state index is -0.272. The molecule has 0 bridgehead atoms. The predicted octanol–water partition coefficient (Wildman–Crippen LogP) is 2.86. The first-order valence-corrected chi connectivity index (χ1v) is 5.12. The zero-order valence-electron chi connectivity index (χ0n) is 8.62. The summed E-state index contributed by atoms with van der Waals surface area (Å²) < 4.78 is 5.15. The van der Waals surface area contributed by atoms with Crippen LogP contribution in [0.5, 0.6) is 0 Å². The molecule has 1 aromatic heterocycles. The minimum Gasteiger partial charge on any atom is -0.467 e. The fraction of sp³-hybridized carbons (Fsp3) is 0.500. The van der Waals surface area contributed by atoms with Crippen molar-refractivity contribution in [1.29, 1.82) is 0 Å². The van der Waals surface area contributed by atoms with E-state index >= 15 is 0 Å². The van der Waals surface area contributed by atoms with Gasteiger partial charge in [0.05, 0.1) is 6.26 Å². The van der Waals surface area contributed by atoms with E-state index in [4.69, 9.17) is 10.2 Å². The van der Waals surface area contributed by atoms with Gasteiger partial charge in [0, 0.05) is 6.42 Å². The average molecular weight is 191 g/mol. The molecule has 0 amide bonds. The van der Waals surface area contributed by atoms with E-state index in [1.54, 1.807) is 6.26 Å². The van der Waals surface area contributed by atoms with Crippen LogP contribution in [-0.2, 0) is 0 Å². The maximum Gasteiger partial charge on any atom is 0.132 e. The Labute approximate surface area is 85.5 Å². The van der Waals surface area contributed by atoms with Crippen LogP contribution in [0.4, 0.5) is 0 Å². The maximum absolute atomic E-state index is 5.79. The van der Waals surface area contributed by atoms with Crippen molar-refractivity contribution in [3.05, 3.63) is 24.2 Å². The van der Waals surface area contributed by atoms with Gasteiger partial charge in [0.15, 0.2) is 0 Å². The quantitative estimate of drug-likeness (QED) is 0.587. The summed E-state index contributed by atoms with van der Waals surface area (Å²) >= 11 is 0. The predicted molar refractivity (Wildman–Crippen MR) is 57.6 cm³/mol. The van der Waals surface area contributed by atoms with E-state index in [2.05, 4.69) is 18.8 Å². The first-order valence-electron chi connectivity index (χ1n) is 5.12. The third kappa shape index (κ3) is 3.68. The number of unbranched alkanes of at least 4 members (excludes halogenated alkanes) is 3. The Bertz CT molecular complexity index is 292. The van der Waals surface area contributed by atoms with Gasteiger partial charge < -0.3 is 10.2 Å². The molecule has 0 aromatic carbocycles. The van der Waals surface area contributed by atoms with Crippen LogP contribution in [0.3, 0.4) is 0 Å². The van der Waals surface area contributed by atoms with E-state index in [-0.39, 0.29) is 6.04 Å². The number of hydrogen-bond acceptors (Lipinski definition) is 2. The van der Waals surface area contributed by atoms with Crippen molar-refractivity contribution in [2.45, 2.75) is 38.6 Å². The third-order valence-corrected chi connectivity index (χ3v) is 2.01. The highest BCUT2D eigenvalue weighted by Crippen LogP contribution is 2.09. The smallest absolute Gasteiger partial charge is 0.132 e. The number of nitrogens with two attached hydrogens (primary N) is 1. The Balaban J connectivity index is 2.29. The van der Waals surface area contributed by atoms with Gasteiger partial charge in [0.25, 0.3) is 0 Å².